The number of nitrogens with two attached hydrogens (primary N) is 1. The van der Waals surface area contributed by atoms with Crippen LogP contribution < -0.4 is 15.8 Å². The van der Waals surface area contributed by atoms with Gasteiger partial charge in [-0.2, -0.15) is 0 Å². The predicted octanol–water partition coefficient (Wildman–Crippen LogP) is 2.98. The number of benzene rings is 2. The Morgan fingerprint density at radius 1 is 1.20 bits per heavy atom. The zero-order valence-electron chi connectivity index (χ0n) is 11.6. The molecule has 0 bridgehead atoms. The Morgan fingerprint density at radius 3 is 2.55 bits per heavy atom. The molecule has 2 aromatic rings. The highest BCUT2D eigenvalue weighted by atomic mass is 16.5. The van der Waals surface area contributed by atoms with Gasteiger partial charge in [0.15, 0.2) is 6.10 Å². The summed E-state index contributed by atoms with van der Waals surface area (Å²) in [6.07, 6.45) is -0.625. The lowest BCUT2D eigenvalue weighted by Gasteiger charge is -2.16. The molecule has 2 rings (SSSR count). The quantitative estimate of drug-likeness (QED) is 0.839. The smallest absolute Gasteiger partial charge is 0.265 e. The number of carbonyl (C=O) groups is 1. The normalized spacial score (nSPS) is 11.7. The number of nitrogens with one attached hydrogen (secondary N) is 1. The Bertz CT molecular complexity index is 597. The SMILES string of the molecule is Cc1ccc(OC(C)C(=O)Nc2ccccc2)c(N)c1. The van der Waals surface area contributed by atoms with E-state index >= 15 is 0 Å². The average Bonchev–Trinajstić information content (AvgIpc) is 2.43. The van der Waals surface area contributed by atoms with Crippen molar-refractivity contribution < 1.29 is 9.53 Å². The molecule has 1 amide bonds. The van der Waals surface area contributed by atoms with Crippen LogP contribution in [0.4, 0.5) is 11.4 Å². The molecule has 104 valence electrons. The van der Waals surface area contributed by atoms with E-state index in [-0.39, 0.29) is 5.91 Å². The lowest BCUT2D eigenvalue weighted by molar-refractivity contribution is -0.122. The van der Waals surface area contributed by atoms with Crippen molar-refractivity contribution in [3.63, 3.8) is 0 Å². The Kier molecular flexibility index (Phi) is 4.25. The molecule has 1 atom stereocenters. The van der Waals surface area contributed by atoms with Gasteiger partial charge in [-0.1, -0.05) is 24.3 Å². The predicted molar refractivity (Wildman–Crippen MR) is 80.8 cm³/mol. The number of hydrogen-bond donors (Lipinski definition) is 2. The van der Waals surface area contributed by atoms with Crippen LogP contribution in [0.2, 0.25) is 0 Å². The number of para-hydroxylation sites is 1. The van der Waals surface area contributed by atoms with Crippen LogP contribution in [0.3, 0.4) is 0 Å². The van der Waals surface area contributed by atoms with Gasteiger partial charge in [-0.25, -0.2) is 0 Å². The fraction of sp³-hybridized carbons (Fsp3) is 0.188. The maximum absolute atomic E-state index is 12.0. The summed E-state index contributed by atoms with van der Waals surface area (Å²) in [5.41, 5.74) is 8.19. The second-order valence-electron chi connectivity index (χ2n) is 4.66. The number of ether oxygens (including phenoxy) is 1. The third-order valence-corrected chi connectivity index (χ3v) is 2.88. The Labute approximate surface area is 118 Å². The van der Waals surface area contributed by atoms with Crippen molar-refractivity contribution in [3.05, 3.63) is 54.1 Å². The van der Waals surface area contributed by atoms with Crippen molar-refractivity contribution in [2.45, 2.75) is 20.0 Å². The molecular weight excluding hydrogens is 252 g/mol. The highest BCUT2D eigenvalue weighted by molar-refractivity contribution is 5.94. The van der Waals surface area contributed by atoms with E-state index in [4.69, 9.17) is 10.5 Å². The number of rotatable bonds is 4. The minimum absolute atomic E-state index is 0.212. The molecule has 3 N–H and O–H groups in total. The van der Waals surface area contributed by atoms with E-state index in [9.17, 15) is 4.79 Å². The summed E-state index contributed by atoms with van der Waals surface area (Å²) in [7, 11) is 0. The first-order valence-corrected chi connectivity index (χ1v) is 6.45. The summed E-state index contributed by atoms with van der Waals surface area (Å²) in [6, 6.07) is 14.7. The van der Waals surface area contributed by atoms with Crippen molar-refractivity contribution in [2.75, 3.05) is 11.1 Å². The molecule has 0 heterocycles. The monoisotopic (exact) mass is 270 g/mol. The van der Waals surface area contributed by atoms with E-state index in [1.165, 1.54) is 0 Å². The van der Waals surface area contributed by atoms with Crippen LogP contribution in [-0.4, -0.2) is 12.0 Å². The van der Waals surface area contributed by atoms with Crippen LogP contribution in [-0.2, 0) is 4.79 Å². The van der Waals surface area contributed by atoms with Gasteiger partial charge in [0.25, 0.3) is 5.91 Å². The highest BCUT2D eigenvalue weighted by Crippen LogP contribution is 2.23. The van der Waals surface area contributed by atoms with Crippen molar-refractivity contribution in [1.29, 1.82) is 0 Å². The minimum Gasteiger partial charge on any atom is -0.479 e. The fourth-order valence-corrected chi connectivity index (χ4v) is 1.78. The summed E-state index contributed by atoms with van der Waals surface area (Å²) >= 11 is 0. The van der Waals surface area contributed by atoms with E-state index < -0.39 is 6.10 Å². The van der Waals surface area contributed by atoms with Gasteiger partial charge in [0.05, 0.1) is 5.69 Å². The first-order valence-electron chi connectivity index (χ1n) is 6.45. The van der Waals surface area contributed by atoms with Crippen LogP contribution in [0, 0.1) is 6.92 Å². The number of nitrogen functional groups attached to an aromatic ring is 1. The van der Waals surface area contributed by atoms with Crippen LogP contribution in [0.15, 0.2) is 48.5 Å². The molecule has 1 unspecified atom stereocenters. The Balaban J connectivity index is 2.00. The third kappa shape index (κ3) is 3.51. The van der Waals surface area contributed by atoms with Crippen LogP contribution >= 0.6 is 0 Å². The van der Waals surface area contributed by atoms with E-state index in [2.05, 4.69) is 5.32 Å². The van der Waals surface area contributed by atoms with Crippen molar-refractivity contribution in [2.24, 2.45) is 0 Å². The average molecular weight is 270 g/mol. The standard InChI is InChI=1S/C16H18N2O2/c1-11-8-9-15(14(17)10-11)20-12(2)16(19)18-13-6-4-3-5-7-13/h3-10,12H,17H2,1-2H3,(H,18,19). The van der Waals surface area contributed by atoms with Gasteiger partial charge in [-0.05, 0) is 43.7 Å². The van der Waals surface area contributed by atoms with E-state index in [1.54, 1.807) is 13.0 Å². The van der Waals surface area contributed by atoms with Crippen molar-refractivity contribution in [1.82, 2.24) is 0 Å². The lowest BCUT2D eigenvalue weighted by atomic mass is 10.2. The number of carbonyl (C=O) groups excluding carboxylic acids is 1. The number of amides is 1. The molecular formula is C16H18N2O2. The zero-order valence-corrected chi connectivity index (χ0v) is 11.6. The molecule has 4 heteroatoms. The molecule has 0 aliphatic rings. The first kappa shape index (κ1) is 13.9. The zero-order chi connectivity index (χ0) is 14.5. The first-order chi connectivity index (χ1) is 9.56. The molecule has 0 saturated carbocycles. The lowest BCUT2D eigenvalue weighted by Crippen LogP contribution is -2.30. The second kappa shape index (κ2) is 6.10. The number of anilines is 2. The van der Waals surface area contributed by atoms with Gasteiger partial charge in [-0.15, -0.1) is 0 Å². The summed E-state index contributed by atoms with van der Waals surface area (Å²) in [4.78, 5) is 12.0. The van der Waals surface area contributed by atoms with Crippen molar-refractivity contribution >= 4 is 17.3 Å². The third-order valence-electron chi connectivity index (χ3n) is 2.88. The summed E-state index contributed by atoms with van der Waals surface area (Å²) in [6.45, 7) is 3.64. The maximum Gasteiger partial charge on any atom is 0.265 e. The van der Waals surface area contributed by atoms with Crippen LogP contribution in [0.5, 0.6) is 5.75 Å². The fourth-order valence-electron chi connectivity index (χ4n) is 1.78. The van der Waals surface area contributed by atoms with E-state index in [0.29, 0.717) is 11.4 Å². The second-order valence-corrected chi connectivity index (χ2v) is 4.66. The minimum atomic E-state index is -0.625. The molecule has 0 radical (unpaired) electrons. The number of hydrogen-bond acceptors (Lipinski definition) is 3. The van der Waals surface area contributed by atoms with Crippen molar-refractivity contribution in [3.8, 4) is 5.75 Å². The van der Waals surface area contributed by atoms with Gasteiger partial charge >= 0.3 is 0 Å². The molecule has 0 aliphatic heterocycles. The van der Waals surface area contributed by atoms with E-state index in [0.717, 1.165) is 11.3 Å². The largest absolute Gasteiger partial charge is 0.479 e. The summed E-state index contributed by atoms with van der Waals surface area (Å²) in [5, 5.41) is 2.79. The van der Waals surface area contributed by atoms with Crippen LogP contribution in [0.25, 0.3) is 0 Å². The van der Waals surface area contributed by atoms with Gasteiger partial charge in [0.1, 0.15) is 5.75 Å². The molecule has 0 aromatic heterocycles. The Hall–Kier alpha value is -2.49. The number of aryl methyl sites for hydroxylation is 1. The summed E-state index contributed by atoms with van der Waals surface area (Å²) in [5.74, 6) is 0.308. The van der Waals surface area contributed by atoms with Gasteiger partial charge in [0.2, 0.25) is 0 Å². The molecule has 0 spiro atoms. The Morgan fingerprint density at radius 2 is 1.90 bits per heavy atom. The maximum atomic E-state index is 12.0. The van der Waals surface area contributed by atoms with E-state index in [1.807, 2.05) is 49.4 Å². The highest BCUT2D eigenvalue weighted by Gasteiger charge is 2.15. The van der Waals surface area contributed by atoms with Gasteiger partial charge in [0, 0.05) is 5.69 Å². The van der Waals surface area contributed by atoms with Crippen LogP contribution in [0.1, 0.15) is 12.5 Å². The molecule has 2 aromatic carbocycles. The summed E-state index contributed by atoms with van der Waals surface area (Å²) < 4.78 is 5.60. The molecule has 0 saturated heterocycles. The van der Waals surface area contributed by atoms with Gasteiger partial charge < -0.3 is 15.8 Å². The molecule has 0 aliphatic carbocycles. The molecule has 20 heavy (non-hydrogen) atoms. The molecule has 0 fully saturated rings. The molecule has 4 nitrogen and oxygen atoms in total. The van der Waals surface area contributed by atoms with Gasteiger partial charge in [-0.3, -0.25) is 4.79 Å². The topological polar surface area (TPSA) is 64.3 Å².